The highest BCUT2D eigenvalue weighted by Gasteiger charge is 2.29. The number of halogens is 4. The van der Waals surface area contributed by atoms with Crippen LogP contribution < -0.4 is 9.47 Å². The third-order valence-corrected chi connectivity index (χ3v) is 5.82. The third kappa shape index (κ3) is 4.73. The van der Waals surface area contributed by atoms with Crippen LogP contribution in [0.25, 0.3) is 0 Å². The van der Waals surface area contributed by atoms with Gasteiger partial charge in [0.25, 0.3) is 0 Å². The standard InChI is InChI=1S/C24H28F4O2/c1-3-5-14-30-20-13-11-18(22(26)24(20)28)16-8-6-15(7-9-16)17-10-12-19(29-4-2)23(27)21(17)25/h10-13,15-16H,3-9,14H2,1-2H3. The first-order chi connectivity index (χ1) is 14.5. The fraction of sp³-hybridized carbons (Fsp3) is 0.500. The van der Waals surface area contributed by atoms with E-state index in [1.54, 1.807) is 19.1 Å². The second kappa shape index (κ2) is 10.2. The van der Waals surface area contributed by atoms with E-state index >= 15 is 0 Å². The molecule has 2 nitrogen and oxygen atoms in total. The van der Waals surface area contributed by atoms with Gasteiger partial charge in [-0.05, 0) is 74.1 Å². The van der Waals surface area contributed by atoms with E-state index in [0.717, 1.165) is 12.8 Å². The van der Waals surface area contributed by atoms with E-state index in [1.807, 2.05) is 6.92 Å². The number of hydrogen-bond acceptors (Lipinski definition) is 2. The fourth-order valence-corrected chi connectivity index (χ4v) is 4.14. The molecule has 164 valence electrons. The van der Waals surface area contributed by atoms with Crippen molar-refractivity contribution in [3.63, 3.8) is 0 Å². The summed E-state index contributed by atoms with van der Waals surface area (Å²) < 4.78 is 68.1. The van der Waals surface area contributed by atoms with Crippen molar-refractivity contribution in [3.8, 4) is 11.5 Å². The number of hydrogen-bond donors (Lipinski definition) is 0. The second-order valence-corrected chi connectivity index (χ2v) is 7.75. The summed E-state index contributed by atoms with van der Waals surface area (Å²) in [6.07, 6.45) is 3.98. The van der Waals surface area contributed by atoms with Crippen LogP contribution in [0, 0.1) is 23.3 Å². The Morgan fingerprint density at radius 1 is 0.700 bits per heavy atom. The van der Waals surface area contributed by atoms with E-state index in [0.29, 0.717) is 43.4 Å². The van der Waals surface area contributed by atoms with Crippen molar-refractivity contribution in [1.82, 2.24) is 0 Å². The lowest BCUT2D eigenvalue weighted by atomic mass is 9.76. The summed E-state index contributed by atoms with van der Waals surface area (Å²) in [4.78, 5) is 0. The van der Waals surface area contributed by atoms with Gasteiger partial charge < -0.3 is 9.47 Å². The lowest BCUT2D eigenvalue weighted by molar-refractivity contribution is 0.286. The summed E-state index contributed by atoms with van der Waals surface area (Å²) in [6, 6.07) is 6.09. The molecular weight excluding hydrogens is 396 g/mol. The highest BCUT2D eigenvalue weighted by molar-refractivity contribution is 5.35. The first-order valence-corrected chi connectivity index (χ1v) is 10.7. The molecular formula is C24H28F4O2. The third-order valence-electron chi connectivity index (χ3n) is 5.82. The van der Waals surface area contributed by atoms with Gasteiger partial charge in [-0.15, -0.1) is 0 Å². The first-order valence-electron chi connectivity index (χ1n) is 10.7. The molecule has 0 unspecified atom stereocenters. The zero-order valence-electron chi connectivity index (χ0n) is 17.4. The smallest absolute Gasteiger partial charge is 0.200 e. The number of unbranched alkanes of at least 4 members (excludes halogenated alkanes) is 1. The summed E-state index contributed by atoms with van der Waals surface area (Å²) in [5.41, 5.74) is 0.646. The molecule has 1 fully saturated rings. The van der Waals surface area contributed by atoms with Crippen molar-refractivity contribution >= 4 is 0 Å². The fourth-order valence-electron chi connectivity index (χ4n) is 4.14. The zero-order valence-corrected chi connectivity index (χ0v) is 17.4. The molecule has 3 rings (SSSR count). The van der Waals surface area contributed by atoms with Crippen molar-refractivity contribution in [2.24, 2.45) is 0 Å². The average molecular weight is 424 g/mol. The first kappa shape index (κ1) is 22.4. The minimum Gasteiger partial charge on any atom is -0.491 e. The molecule has 0 spiro atoms. The van der Waals surface area contributed by atoms with Gasteiger partial charge in [0.1, 0.15) is 0 Å². The SMILES string of the molecule is CCCCOc1ccc(C2CCC(c3ccc(OCC)c(F)c3F)CC2)c(F)c1F. The molecule has 0 heterocycles. The highest BCUT2D eigenvalue weighted by Crippen LogP contribution is 2.43. The normalized spacial score (nSPS) is 19.0. The molecule has 1 aliphatic carbocycles. The molecule has 2 aromatic rings. The van der Waals surface area contributed by atoms with Crippen molar-refractivity contribution < 1.29 is 27.0 Å². The Morgan fingerprint density at radius 2 is 1.17 bits per heavy atom. The molecule has 2 aromatic carbocycles. The number of ether oxygens (including phenoxy) is 2. The minimum atomic E-state index is -0.969. The van der Waals surface area contributed by atoms with Crippen LogP contribution in [-0.4, -0.2) is 13.2 Å². The molecule has 0 amide bonds. The van der Waals surface area contributed by atoms with Gasteiger partial charge in [0, 0.05) is 0 Å². The van der Waals surface area contributed by atoms with E-state index < -0.39 is 23.3 Å². The number of benzene rings is 2. The summed E-state index contributed by atoms with van der Waals surface area (Å²) in [5, 5.41) is 0. The summed E-state index contributed by atoms with van der Waals surface area (Å²) in [5.74, 6) is -4.14. The van der Waals surface area contributed by atoms with E-state index in [-0.39, 0.29) is 29.9 Å². The van der Waals surface area contributed by atoms with Gasteiger partial charge in [-0.3, -0.25) is 0 Å². The maximum atomic E-state index is 14.6. The van der Waals surface area contributed by atoms with E-state index in [9.17, 15) is 17.6 Å². The van der Waals surface area contributed by atoms with E-state index in [4.69, 9.17) is 9.47 Å². The Kier molecular flexibility index (Phi) is 7.62. The maximum Gasteiger partial charge on any atom is 0.200 e. The lowest BCUT2D eigenvalue weighted by Gasteiger charge is -2.30. The Bertz CT molecular complexity index is 861. The molecule has 0 aliphatic heterocycles. The van der Waals surface area contributed by atoms with Crippen LogP contribution in [0.3, 0.4) is 0 Å². The van der Waals surface area contributed by atoms with Crippen LogP contribution in [0.1, 0.15) is 75.3 Å². The predicted molar refractivity (Wildman–Crippen MR) is 108 cm³/mol. The van der Waals surface area contributed by atoms with Gasteiger partial charge in [0.2, 0.25) is 11.6 Å². The minimum absolute atomic E-state index is 0.0645. The van der Waals surface area contributed by atoms with Crippen LogP contribution >= 0.6 is 0 Å². The van der Waals surface area contributed by atoms with Crippen LogP contribution in [0.5, 0.6) is 11.5 Å². The van der Waals surface area contributed by atoms with Crippen LogP contribution in [0.2, 0.25) is 0 Å². The quantitative estimate of drug-likeness (QED) is 0.328. The van der Waals surface area contributed by atoms with E-state index in [2.05, 4.69) is 0 Å². The highest BCUT2D eigenvalue weighted by atomic mass is 19.2. The molecule has 0 bridgehead atoms. The van der Waals surface area contributed by atoms with Crippen molar-refractivity contribution in [3.05, 3.63) is 58.7 Å². The van der Waals surface area contributed by atoms with Crippen molar-refractivity contribution in [2.75, 3.05) is 13.2 Å². The molecule has 0 radical (unpaired) electrons. The monoisotopic (exact) mass is 424 g/mol. The Hall–Kier alpha value is -2.24. The van der Waals surface area contributed by atoms with Crippen LogP contribution in [-0.2, 0) is 0 Å². The van der Waals surface area contributed by atoms with Gasteiger partial charge >= 0.3 is 0 Å². The predicted octanol–water partition coefficient (Wildman–Crippen LogP) is 7.26. The van der Waals surface area contributed by atoms with Crippen LogP contribution in [0.4, 0.5) is 17.6 Å². The molecule has 0 aromatic heterocycles. The van der Waals surface area contributed by atoms with Gasteiger partial charge in [-0.2, -0.15) is 8.78 Å². The summed E-state index contributed by atoms with van der Waals surface area (Å²) in [7, 11) is 0. The topological polar surface area (TPSA) is 18.5 Å². The molecule has 0 saturated heterocycles. The van der Waals surface area contributed by atoms with Gasteiger partial charge in [-0.25, -0.2) is 8.78 Å². The lowest BCUT2D eigenvalue weighted by Crippen LogP contribution is -2.15. The molecule has 0 atom stereocenters. The molecule has 1 aliphatic rings. The van der Waals surface area contributed by atoms with Gasteiger partial charge in [-0.1, -0.05) is 25.5 Å². The Labute approximate surface area is 175 Å². The molecule has 6 heteroatoms. The molecule has 1 saturated carbocycles. The molecule has 0 N–H and O–H groups in total. The van der Waals surface area contributed by atoms with Crippen molar-refractivity contribution in [2.45, 2.75) is 64.2 Å². The largest absolute Gasteiger partial charge is 0.491 e. The van der Waals surface area contributed by atoms with Crippen molar-refractivity contribution in [1.29, 1.82) is 0 Å². The maximum absolute atomic E-state index is 14.6. The Balaban J connectivity index is 1.69. The number of rotatable bonds is 8. The average Bonchev–Trinajstić information content (AvgIpc) is 2.75. The van der Waals surface area contributed by atoms with Gasteiger partial charge in [0.05, 0.1) is 13.2 Å². The molecule has 30 heavy (non-hydrogen) atoms. The van der Waals surface area contributed by atoms with E-state index in [1.165, 1.54) is 12.1 Å². The van der Waals surface area contributed by atoms with Crippen LogP contribution in [0.15, 0.2) is 24.3 Å². The second-order valence-electron chi connectivity index (χ2n) is 7.75. The summed E-state index contributed by atoms with van der Waals surface area (Å²) in [6.45, 7) is 4.30. The van der Waals surface area contributed by atoms with Gasteiger partial charge in [0.15, 0.2) is 23.1 Å². The summed E-state index contributed by atoms with van der Waals surface area (Å²) >= 11 is 0. The zero-order chi connectivity index (χ0) is 21.7. The Morgan fingerprint density at radius 3 is 1.60 bits per heavy atom.